The lowest BCUT2D eigenvalue weighted by Gasteiger charge is -2.32. The van der Waals surface area contributed by atoms with Crippen LogP contribution in [0.2, 0.25) is 0 Å². The lowest BCUT2D eigenvalue weighted by molar-refractivity contribution is 0.287. The van der Waals surface area contributed by atoms with E-state index in [2.05, 4.69) is 19.2 Å². The van der Waals surface area contributed by atoms with Gasteiger partial charge in [-0.2, -0.15) is 0 Å². The summed E-state index contributed by atoms with van der Waals surface area (Å²) in [6, 6.07) is 0.525. The summed E-state index contributed by atoms with van der Waals surface area (Å²) in [4.78, 5) is 0. The minimum Gasteiger partial charge on any atom is -0.314 e. The fraction of sp³-hybridized carbons (Fsp3) is 1.00. The van der Waals surface area contributed by atoms with Crippen LogP contribution < -0.4 is 5.32 Å². The third-order valence-electron chi connectivity index (χ3n) is 4.19. The molecule has 1 aliphatic carbocycles. The van der Waals surface area contributed by atoms with Crippen molar-refractivity contribution >= 4 is 22.4 Å². The molecule has 2 aliphatic rings. The van der Waals surface area contributed by atoms with Crippen molar-refractivity contribution in [3.8, 4) is 0 Å². The normalized spacial score (nSPS) is 21.9. The zero-order valence-electron chi connectivity index (χ0n) is 12.7. The van der Waals surface area contributed by atoms with Crippen LogP contribution in [0.3, 0.4) is 0 Å². The van der Waals surface area contributed by atoms with Crippen LogP contribution in [0.5, 0.6) is 0 Å². The van der Waals surface area contributed by atoms with Crippen LogP contribution in [0.25, 0.3) is 0 Å². The molecule has 0 bridgehead atoms. The van der Waals surface area contributed by atoms with Crippen LogP contribution >= 0.6 is 12.4 Å². The van der Waals surface area contributed by atoms with E-state index in [1.165, 1.54) is 12.8 Å². The molecule has 2 rings (SSSR count). The molecular weight excluding hydrogens is 296 g/mol. The Balaban J connectivity index is 0.00000200. The molecule has 1 N–H and O–H groups in total. The monoisotopic (exact) mass is 324 g/mol. The van der Waals surface area contributed by atoms with Gasteiger partial charge >= 0.3 is 0 Å². The minimum absolute atomic E-state index is 0. The van der Waals surface area contributed by atoms with Gasteiger partial charge in [0.2, 0.25) is 10.0 Å². The number of nitrogens with one attached hydrogen (secondary N) is 1. The molecule has 1 saturated carbocycles. The number of piperidine rings is 1. The maximum absolute atomic E-state index is 12.2. The average molecular weight is 325 g/mol. The van der Waals surface area contributed by atoms with Crippen molar-refractivity contribution in [2.24, 2.45) is 11.8 Å². The van der Waals surface area contributed by atoms with Crippen molar-refractivity contribution in [2.75, 3.05) is 25.4 Å². The van der Waals surface area contributed by atoms with Gasteiger partial charge in [0, 0.05) is 19.1 Å². The lowest BCUT2D eigenvalue weighted by atomic mass is 10.1. The Hall–Kier alpha value is 0.160. The van der Waals surface area contributed by atoms with Crippen molar-refractivity contribution in [1.82, 2.24) is 9.62 Å². The number of hydrogen-bond donors (Lipinski definition) is 1. The van der Waals surface area contributed by atoms with E-state index in [9.17, 15) is 8.42 Å². The Morgan fingerprint density at radius 2 is 1.75 bits per heavy atom. The number of sulfonamides is 1. The molecule has 0 radical (unpaired) electrons. The summed E-state index contributed by atoms with van der Waals surface area (Å²) >= 11 is 0. The zero-order chi connectivity index (χ0) is 13.9. The van der Waals surface area contributed by atoms with Gasteiger partial charge in [0.1, 0.15) is 0 Å². The van der Waals surface area contributed by atoms with Crippen molar-refractivity contribution in [2.45, 2.75) is 52.0 Å². The first kappa shape index (κ1) is 18.2. The molecule has 1 heterocycles. The van der Waals surface area contributed by atoms with E-state index in [1.807, 2.05) is 0 Å². The van der Waals surface area contributed by atoms with Crippen LogP contribution in [0, 0.1) is 11.8 Å². The van der Waals surface area contributed by atoms with Gasteiger partial charge in [0.05, 0.1) is 5.75 Å². The van der Waals surface area contributed by atoms with E-state index in [0.717, 1.165) is 31.7 Å². The highest BCUT2D eigenvalue weighted by Crippen LogP contribution is 2.28. The summed E-state index contributed by atoms with van der Waals surface area (Å²) in [6.45, 7) is 6.67. The van der Waals surface area contributed by atoms with Crippen molar-refractivity contribution in [3.63, 3.8) is 0 Å². The number of hydrogen-bond acceptors (Lipinski definition) is 3. The first-order valence-corrected chi connectivity index (χ1v) is 9.29. The molecule has 20 heavy (non-hydrogen) atoms. The molecular formula is C14H29ClN2O2S. The fourth-order valence-electron chi connectivity index (χ4n) is 2.51. The summed E-state index contributed by atoms with van der Waals surface area (Å²) in [7, 11) is -3.02. The van der Waals surface area contributed by atoms with Crippen LogP contribution in [-0.2, 0) is 10.0 Å². The number of nitrogens with zero attached hydrogens (tertiary/aromatic N) is 1. The van der Waals surface area contributed by atoms with E-state index >= 15 is 0 Å². The summed E-state index contributed by atoms with van der Waals surface area (Å²) in [5.74, 6) is 1.66. The SMILES string of the molecule is CC(C)CCS(=O)(=O)N1CCC(NCC2CC2)CC1.Cl. The first-order chi connectivity index (χ1) is 8.97. The molecule has 0 aromatic heterocycles. The molecule has 1 aliphatic heterocycles. The van der Waals surface area contributed by atoms with Gasteiger partial charge in [0.15, 0.2) is 0 Å². The predicted molar refractivity (Wildman–Crippen MR) is 85.8 cm³/mol. The highest BCUT2D eigenvalue weighted by atomic mass is 35.5. The summed E-state index contributed by atoms with van der Waals surface area (Å²) in [6.07, 6.45) is 5.44. The molecule has 6 heteroatoms. The molecule has 4 nitrogen and oxygen atoms in total. The van der Waals surface area contributed by atoms with E-state index < -0.39 is 10.0 Å². The highest BCUT2D eigenvalue weighted by molar-refractivity contribution is 7.89. The number of halogens is 1. The maximum atomic E-state index is 12.2. The molecule has 0 unspecified atom stereocenters. The van der Waals surface area contributed by atoms with Crippen molar-refractivity contribution < 1.29 is 8.42 Å². The standard InChI is InChI=1S/C14H28N2O2S.ClH/c1-12(2)7-10-19(17,18)16-8-5-14(6-9-16)15-11-13-3-4-13;/h12-15H,3-11H2,1-2H3;1H. The van der Waals surface area contributed by atoms with E-state index in [0.29, 0.717) is 30.8 Å². The van der Waals surface area contributed by atoms with E-state index in [-0.39, 0.29) is 12.4 Å². The van der Waals surface area contributed by atoms with Gasteiger partial charge in [-0.05, 0) is 50.5 Å². The molecule has 1 saturated heterocycles. The second kappa shape index (κ2) is 7.97. The molecule has 120 valence electrons. The highest BCUT2D eigenvalue weighted by Gasteiger charge is 2.29. The minimum atomic E-state index is -3.02. The third kappa shape index (κ3) is 5.88. The summed E-state index contributed by atoms with van der Waals surface area (Å²) < 4.78 is 26.1. The molecule has 0 atom stereocenters. The Morgan fingerprint density at radius 1 is 1.15 bits per heavy atom. The van der Waals surface area contributed by atoms with Crippen LogP contribution in [0.4, 0.5) is 0 Å². The second-order valence-corrected chi connectivity index (χ2v) is 8.61. The largest absolute Gasteiger partial charge is 0.314 e. The second-order valence-electron chi connectivity index (χ2n) is 6.52. The van der Waals surface area contributed by atoms with Gasteiger partial charge in [-0.15, -0.1) is 12.4 Å². The van der Waals surface area contributed by atoms with Gasteiger partial charge in [0.25, 0.3) is 0 Å². The molecule has 0 amide bonds. The van der Waals surface area contributed by atoms with E-state index in [1.54, 1.807) is 4.31 Å². The van der Waals surface area contributed by atoms with Gasteiger partial charge in [-0.25, -0.2) is 12.7 Å². The zero-order valence-corrected chi connectivity index (χ0v) is 14.3. The Morgan fingerprint density at radius 3 is 2.25 bits per heavy atom. The van der Waals surface area contributed by atoms with Crippen molar-refractivity contribution in [1.29, 1.82) is 0 Å². The lowest BCUT2D eigenvalue weighted by Crippen LogP contribution is -2.46. The van der Waals surface area contributed by atoms with Gasteiger partial charge in [-0.1, -0.05) is 13.8 Å². The van der Waals surface area contributed by atoms with Gasteiger partial charge in [-0.3, -0.25) is 0 Å². The predicted octanol–water partition coefficient (Wildman–Crippen LogP) is 2.25. The number of rotatable bonds is 7. The van der Waals surface area contributed by atoms with Crippen LogP contribution in [0.15, 0.2) is 0 Å². The Kier molecular flexibility index (Phi) is 7.25. The van der Waals surface area contributed by atoms with E-state index in [4.69, 9.17) is 0 Å². The van der Waals surface area contributed by atoms with Gasteiger partial charge < -0.3 is 5.32 Å². The molecule has 0 spiro atoms. The first-order valence-electron chi connectivity index (χ1n) is 7.68. The topological polar surface area (TPSA) is 49.4 Å². The molecule has 0 aromatic carbocycles. The van der Waals surface area contributed by atoms with Crippen molar-refractivity contribution in [3.05, 3.63) is 0 Å². The fourth-order valence-corrected chi connectivity index (χ4v) is 4.30. The smallest absolute Gasteiger partial charge is 0.214 e. The Labute approximate surface area is 130 Å². The third-order valence-corrected chi connectivity index (χ3v) is 6.10. The van der Waals surface area contributed by atoms with Crippen LogP contribution in [0.1, 0.15) is 46.0 Å². The Bertz CT molecular complexity index is 375. The molecule has 0 aromatic rings. The quantitative estimate of drug-likeness (QED) is 0.781. The summed E-state index contributed by atoms with van der Waals surface area (Å²) in [5, 5.41) is 3.58. The molecule has 2 fully saturated rings. The maximum Gasteiger partial charge on any atom is 0.214 e. The average Bonchev–Trinajstić information content (AvgIpc) is 3.19. The summed E-state index contributed by atoms with van der Waals surface area (Å²) in [5.41, 5.74) is 0. The van der Waals surface area contributed by atoms with Crippen LogP contribution in [-0.4, -0.2) is 44.2 Å².